The first-order chi connectivity index (χ1) is 7.79. The number of nitrogens with zero attached hydrogens (tertiary/aromatic N) is 2. The smallest absolute Gasteiger partial charge is 0.276 e. The van der Waals surface area contributed by atoms with E-state index >= 15 is 0 Å². The summed E-state index contributed by atoms with van der Waals surface area (Å²) in [6.45, 7) is 2.65. The minimum absolute atomic E-state index is 0.555. The maximum Gasteiger partial charge on any atom is 0.276 e. The summed E-state index contributed by atoms with van der Waals surface area (Å²) >= 11 is 1.47. The molecule has 0 spiro atoms. The van der Waals surface area contributed by atoms with Crippen LogP contribution in [0.5, 0.6) is 0 Å². The normalized spacial score (nSPS) is 10.6. The molecule has 2 N–H and O–H groups in total. The summed E-state index contributed by atoms with van der Waals surface area (Å²) in [5.74, 6) is 1.34. The van der Waals surface area contributed by atoms with E-state index in [1.54, 1.807) is 0 Å². The van der Waals surface area contributed by atoms with Gasteiger partial charge in [-0.3, -0.25) is 0 Å². The molecule has 0 saturated carbocycles. The van der Waals surface area contributed by atoms with Crippen molar-refractivity contribution in [2.45, 2.75) is 12.1 Å². The second-order valence-corrected chi connectivity index (χ2v) is 4.42. The average Bonchev–Trinajstić information content (AvgIpc) is 2.76. The van der Waals surface area contributed by atoms with Gasteiger partial charge in [-0.05, 0) is 19.1 Å². The first-order valence-corrected chi connectivity index (χ1v) is 6.01. The van der Waals surface area contributed by atoms with Crippen molar-refractivity contribution >= 4 is 11.8 Å². The predicted molar refractivity (Wildman–Crippen MR) is 64.2 cm³/mol. The molecule has 4 nitrogen and oxygen atoms in total. The molecule has 0 atom stereocenters. The molecule has 0 amide bonds. The molecule has 0 bridgehead atoms. The maximum absolute atomic E-state index is 5.50. The van der Waals surface area contributed by atoms with Crippen LogP contribution in [0.1, 0.15) is 5.56 Å². The van der Waals surface area contributed by atoms with E-state index in [4.69, 9.17) is 10.2 Å². The van der Waals surface area contributed by atoms with E-state index < -0.39 is 0 Å². The SMILES string of the molecule is Cc1ccc(-c2nnc(SCCN)o2)cc1. The van der Waals surface area contributed by atoms with E-state index in [1.165, 1.54) is 17.3 Å². The fraction of sp³-hybridized carbons (Fsp3) is 0.273. The van der Waals surface area contributed by atoms with Gasteiger partial charge >= 0.3 is 0 Å². The molecule has 2 rings (SSSR count). The number of nitrogens with two attached hydrogens (primary N) is 1. The summed E-state index contributed by atoms with van der Waals surface area (Å²) in [4.78, 5) is 0. The number of aryl methyl sites for hydroxylation is 1. The van der Waals surface area contributed by atoms with Crippen LogP contribution in [0.2, 0.25) is 0 Å². The summed E-state index contributed by atoms with van der Waals surface area (Å²) in [7, 11) is 0. The maximum atomic E-state index is 5.50. The van der Waals surface area contributed by atoms with Crippen molar-refractivity contribution in [3.05, 3.63) is 29.8 Å². The fourth-order valence-corrected chi connectivity index (χ4v) is 1.76. The van der Waals surface area contributed by atoms with Crippen molar-refractivity contribution in [3.63, 3.8) is 0 Å². The average molecular weight is 235 g/mol. The van der Waals surface area contributed by atoms with Crippen LogP contribution in [0.15, 0.2) is 33.9 Å². The number of thioether (sulfide) groups is 1. The van der Waals surface area contributed by atoms with Gasteiger partial charge in [0.2, 0.25) is 5.89 Å². The Morgan fingerprint density at radius 3 is 2.69 bits per heavy atom. The minimum atomic E-state index is 0.555. The molecule has 0 aliphatic heterocycles. The number of aromatic nitrogens is 2. The highest BCUT2D eigenvalue weighted by atomic mass is 32.2. The van der Waals surface area contributed by atoms with Crippen molar-refractivity contribution in [2.24, 2.45) is 5.73 Å². The molecular weight excluding hydrogens is 222 g/mol. The van der Waals surface area contributed by atoms with Crippen molar-refractivity contribution in [1.29, 1.82) is 0 Å². The number of benzene rings is 1. The van der Waals surface area contributed by atoms with Gasteiger partial charge < -0.3 is 10.2 Å². The fourth-order valence-electron chi connectivity index (χ4n) is 1.23. The van der Waals surface area contributed by atoms with Crippen LogP contribution in [0.3, 0.4) is 0 Å². The highest BCUT2D eigenvalue weighted by molar-refractivity contribution is 7.99. The molecular formula is C11H13N3OS. The van der Waals surface area contributed by atoms with E-state index in [2.05, 4.69) is 10.2 Å². The molecule has 1 aromatic carbocycles. The van der Waals surface area contributed by atoms with Gasteiger partial charge in [-0.2, -0.15) is 0 Å². The largest absolute Gasteiger partial charge is 0.411 e. The third-order valence-electron chi connectivity index (χ3n) is 2.05. The van der Waals surface area contributed by atoms with Gasteiger partial charge in [-0.25, -0.2) is 0 Å². The zero-order valence-corrected chi connectivity index (χ0v) is 9.83. The Bertz CT molecular complexity index is 453. The Hall–Kier alpha value is -1.33. The molecule has 5 heteroatoms. The van der Waals surface area contributed by atoms with Gasteiger partial charge in [0.05, 0.1) is 0 Å². The van der Waals surface area contributed by atoms with Crippen LogP contribution in [0.25, 0.3) is 11.5 Å². The van der Waals surface area contributed by atoms with Crippen LogP contribution in [0, 0.1) is 6.92 Å². The Labute approximate surface area is 98.2 Å². The van der Waals surface area contributed by atoms with Crippen molar-refractivity contribution in [3.8, 4) is 11.5 Å². The van der Waals surface area contributed by atoms with E-state index in [1.807, 2.05) is 31.2 Å². The van der Waals surface area contributed by atoms with Gasteiger partial charge in [0.25, 0.3) is 5.22 Å². The quantitative estimate of drug-likeness (QED) is 0.822. The molecule has 0 saturated heterocycles. The Kier molecular flexibility index (Phi) is 3.58. The zero-order valence-electron chi connectivity index (χ0n) is 9.01. The molecule has 0 unspecified atom stereocenters. The first-order valence-electron chi connectivity index (χ1n) is 5.03. The first kappa shape index (κ1) is 11.2. The van der Waals surface area contributed by atoms with E-state index in [0.717, 1.165) is 11.3 Å². The standard InChI is InChI=1S/C11H13N3OS/c1-8-2-4-9(5-3-8)10-13-14-11(15-10)16-7-6-12/h2-5H,6-7,12H2,1H3. The minimum Gasteiger partial charge on any atom is -0.411 e. The second kappa shape index (κ2) is 5.14. The van der Waals surface area contributed by atoms with Gasteiger partial charge in [0.15, 0.2) is 0 Å². The lowest BCUT2D eigenvalue weighted by atomic mass is 10.1. The third-order valence-corrected chi connectivity index (χ3v) is 2.90. The highest BCUT2D eigenvalue weighted by Crippen LogP contribution is 2.22. The Balaban J connectivity index is 2.15. The zero-order chi connectivity index (χ0) is 11.4. The van der Waals surface area contributed by atoms with Crippen molar-refractivity contribution < 1.29 is 4.42 Å². The molecule has 0 aliphatic rings. The van der Waals surface area contributed by atoms with E-state index in [9.17, 15) is 0 Å². The van der Waals surface area contributed by atoms with Crippen molar-refractivity contribution in [1.82, 2.24) is 10.2 Å². The van der Waals surface area contributed by atoms with Crippen LogP contribution in [0.4, 0.5) is 0 Å². The lowest BCUT2D eigenvalue weighted by molar-refractivity contribution is 0.466. The van der Waals surface area contributed by atoms with E-state index in [-0.39, 0.29) is 0 Å². The summed E-state index contributed by atoms with van der Waals surface area (Å²) < 4.78 is 5.50. The Morgan fingerprint density at radius 2 is 2.00 bits per heavy atom. The van der Waals surface area contributed by atoms with Crippen LogP contribution < -0.4 is 5.73 Å². The summed E-state index contributed by atoms with van der Waals surface area (Å²) in [6.07, 6.45) is 0. The topological polar surface area (TPSA) is 64.9 Å². The van der Waals surface area contributed by atoms with Gasteiger partial charge in [-0.1, -0.05) is 29.5 Å². The third kappa shape index (κ3) is 2.62. The molecule has 84 valence electrons. The molecule has 16 heavy (non-hydrogen) atoms. The lowest BCUT2D eigenvalue weighted by Gasteiger charge is -1.95. The molecule has 2 aromatic rings. The number of hydrogen-bond donors (Lipinski definition) is 1. The summed E-state index contributed by atoms with van der Waals surface area (Å²) in [6, 6.07) is 7.99. The number of hydrogen-bond acceptors (Lipinski definition) is 5. The Morgan fingerprint density at radius 1 is 1.25 bits per heavy atom. The van der Waals surface area contributed by atoms with Crippen molar-refractivity contribution in [2.75, 3.05) is 12.3 Å². The van der Waals surface area contributed by atoms with Crippen LogP contribution in [-0.4, -0.2) is 22.5 Å². The molecule has 1 aromatic heterocycles. The second-order valence-electron chi connectivity index (χ2n) is 3.38. The van der Waals surface area contributed by atoms with Gasteiger partial charge in [-0.15, -0.1) is 10.2 Å². The van der Waals surface area contributed by atoms with Crippen LogP contribution >= 0.6 is 11.8 Å². The molecule has 0 aliphatic carbocycles. The lowest BCUT2D eigenvalue weighted by Crippen LogP contribution is -2.00. The monoisotopic (exact) mass is 235 g/mol. The molecule has 1 heterocycles. The summed E-state index contributed by atoms with van der Waals surface area (Å²) in [5.41, 5.74) is 7.55. The molecule has 0 radical (unpaired) electrons. The van der Waals surface area contributed by atoms with Gasteiger partial charge in [0, 0.05) is 17.9 Å². The molecule has 0 fully saturated rings. The predicted octanol–water partition coefficient (Wildman–Crippen LogP) is 2.10. The van der Waals surface area contributed by atoms with Crippen LogP contribution in [-0.2, 0) is 0 Å². The van der Waals surface area contributed by atoms with Gasteiger partial charge in [0.1, 0.15) is 0 Å². The number of rotatable bonds is 4. The summed E-state index contributed by atoms with van der Waals surface area (Å²) in [5, 5.41) is 8.50. The van der Waals surface area contributed by atoms with E-state index in [0.29, 0.717) is 17.7 Å². The highest BCUT2D eigenvalue weighted by Gasteiger charge is 2.07.